The zero-order valence-electron chi connectivity index (χ0n) is 17.2. The lowest BCUT2D eigenvalue weighted by Crippen LogP contribution is -2.56. The van der Waals surface area contributed by atoms with Crippen molar-refractivity contribution in [2.75, 3.05) is 13.1 Å². The molecule has 1 saturated heterocycles. The van der Waals surface area contributed by atoms with Gasteiger partial charge in [-0.05, 0) is 44.9 Å². The third kappa shape index (κ3) is 4.93. The van der Waals surface area contributed by atoms with E-state index in [9.17, 15) is 10.1 Å². The van der Waals surface area contributed by atoms with Crippen LogP contribution in [0.25, 0.3) is 0 Å². The number of carbonyl (C=O) groups is 1. The number of nitrogens with zero attached hydrogens (tertiary/aromatic N) is 3. The van der Waals surface area contributed by atoms with Gasteiger partial charge >= 0.3 is 6.09 Å². The van der Waals surface area contributed by atoms with E-state index in [0.717, 1.165) is 5.56 Å². The molecule has 0 N–H and O–H groups in total. The minimum absolute atomic E-state index is 0.270. The highest BCUT2D eigenvalue weighted by molar-refractivity contribution is 5.68. The van der Waals surface area contributed by atoms with Gasteiger partial charge in [0.2, 0.25) is 0 Å². The molecule has 0 spiro atoms. The normalized spacial score (nSPS) is 22.0. The Morgan fingerprint density at radius 3 is 2.59 bits per heavy atom. The molecule has 1 amide bonds. The number of amides is 1. The third-order valence-electron chi connectivity index (χ3n) is 4.98. The van der Waals surface area contributed by atoms with Crippen molar-refractivity contribution in [1.29, 1.82) is 5.26 Å². The summed E-state index contributed by atoms with van der Waals surface area (Å²) in [6, 6.07) is 17.8. The maximum atomic E-state index is 12.6. The highest BCUT2D eigenvalue weighted by Gasteiger charge is 2.48. The van der Waals surface area contributed by atoms with Crippen LogP contribution in [0, 0.1) is 11.3 Å². The first-order valence-electron chi connectivity index (χ1n) is 9.80. The largest absolute Gasteiger partial charge is 0.444 e. The molecule has 1 aliphatic heterocycles. The van der Waals surface area contributed by atoms with Crippen LogP contribution >= 0.6 is 0 Å². The van der Waals surface area contributed by atoms with Gasteiger partial charge in [0, 0.05) is 12.7 Å². The quantitative estimate of drug-likeness (QED) is 0.783. The standard InChI is InChI=1S/C23H27N3O3/c1-22(2,3)29-21(27)26-14-12-23(17-24,19-11-7-8-13-25-19)20(15-26)28-16-18-9-5-4-6-10-18/h4-11,13,20H,12,14-16H2,1-3H3. The van der Waals surface area contributed by atoms with Gasteiger partial charge in [-0.3, -0.25) is 4.98 Å². The van der Waals surface area contributed by atoms with Crippen molar-refractivity contribution in [2.24, 2.45) is 0 Å². The molecule has 3 rings (SSSR count). The van der Waals surface area contributed by atoms with Gasteiger partial charge in [-0.15, -0.1) is 0 Å². The van der Waals surface area contributed by atoms with E-state index in [-0.39, 0.29) is 6.54 Å². The molecule has 2 aromatic rings. The van der Waals surface area contributed by atoms with Crippen molar-refractivity contribution in [2.45, 2.75) is 50.9 Å². The van der Waals surface area contributed by atoms with Gasteiger partial charge in [0.05, 0.1) is 31.0 Å². The first-order valence-corrected chi connectivity index (χ1v) is 9.80. The average molecular weight is 393 g/mol. The number of likely N-dealkylation sites (tertiary alicyclic amines) is 1. The van der Waals surface area contributed by atoms with E-state index in [1.54, 1.807) is 11.1 Å². The molecule has 0 radical (unpaired) electrons. The number of rotatable bonds is 4. The van der Waals surface area contributed by atoms with Gasteiger partial charge in [0.15, 0.2) is 0 Å². The Kier molecular flexibility index (Phi) is 6.19. The van der Waals surface area contributed by atoms with E-state index in [1.165, 1.54) is 0 Å². The van der Waals surface area contributed by atoms with Crippen LogP contribution in [-0.2, 0) is 21.5 Å². The first-order chi connectivity index (χ1) is 13.8. The Morgan fingerprint density at radius 2 is 1.97 bits per heavy atom. The van der Waals surface area contributed by atoms with Crippen molar-refractivity contribution in [3.05, 3.63) is 66.0 Å². The summed E-state index contributed by atoms with van der Waals surface area (Å²) in [5.41, 5.74) is 0.177. The van der Waals surface area contributed by atoms with Gasteiger partial charge in [0.1, 0.15) is 11.0 Å². The van der Waals surface area contributed by atoms with Crippen LogP contribution in [0.2, 0.25) is 0 Å². The average Bonchev–Trinajstić information content (AvgIpc) is 2.72. The Morgan fingerprint density at radius 1 is 1.24 bits per heavy atom. The number of pyridine rings is 1. The van der Waals surface area contributed by atoms with Gasteiger partial charge < -0.3 is 14.4 Å². The van der Waals surface area contributed by atoms with E-state index in [0.29, 0.717) is 25.3 Å². The van der Waals surface area contributed by atoms with Crippen LogP contribution < -0.4 is 0 Å². The number of piperidine rings is 1. The topological polar surface area (TPSA) is 75.5 Å². The number of hydrogen-bond donors (Lipinski definition) is 0. The Balaban J connectivity index is 1.86. The van der Waals surface area contributed by atoms with E-state index < -0.39 is 23.2 Å². The second-order valence-electron chi connectivity index (χ2n) is 8.26. The molecule has 1 aromatic heterocycles. The lowest BCUT2D eigenvalue weighted by Gasteiger charge is -2.43. The molecule has 2 heterocycles. The number of benzene rings is 1. The van der Waals surface area contributed by atoms with Crippen LogP contribution in [0.15, 0.2) is 54.7 Å². The van der Waals surface area contributed by atoms with Crippen LogP contribution in [0.4, 0.5) is 4.79 Å². The predicted molar refractivity (Wildman–Crippen MR) is 109 cm³/mol. The van der Waals surface area contributed by atoms with Crippen molar-refractivity contribution < 1.29 is 14.3 Å². The number of carbonyl (C=O) groups excluding carboxylic acids is 1. The fourth-order valence-corrected chi connectivity index (χ4v) is 3.48. The van der Waals surface area contributed by atoms with Gasteiger partial charge in [-0.25, -0.2) is 4.79 Å². The van der Waals surface area contributed by atoms with Crippen molar-refractivity contribution in [3.63, 3.8) is 0 Å². The fourth-order valence-electron chi connectivity index (χ4n) is 3.48. The first kappa shape index (κ1) is 20.8. The van der Waals surface area contributed by atoms with Crippen molar-refractivity contribution >= 4 is 6.09 Å². The summed E-state index contributed by atoms with van der Waals surface area (Å²) in [5, 5.41) is 10.2. The molecule has 2 atom stereocenters. The van der Waals surface area contributed by atoms with Crippen molar-refractivity contribution in [1.82, 2.24) is 9.88 Å². The lowest BCUT2D eigenvalue weighted by molar-refractivity contribution is -0.0532. The van der Waals surface area contributed by atoms with Gasteiger partial charge in [0.25, 0.3) is 0 Å². The van der Waals surface area contributed by atoms with E-state index >= 15 is 0 Å². The van der Waals surface area contributed by atoms with Gasteiger partial charge in [-0.1, -0.05) is 36.4 Å². The van der Waals surface area contributed by atoms with Crippen LogP contribution in [0.3, 0.4) is 0 Å². The molecule has 0 saturated carbocycles. The SMILES string of the molecule is CC(C)(C)OC(=O)N1CCC(C#N)(c2ccccn2)C(OCc2ccccc2)C1. The van der Waals surface area contributed by atoms with Gasteiger partial charge in [-0.2, -0.15) is 5.26 Å². The summed E-state index contributed by atoms with van der Waals surface area (Å²) in [6.07, 6.45) is 1.20. The summed E-state index contributed by atoms with van der Waals surface area (Å²) >= 11 is 0. The Labute approximate surface area is 172 Å². The molecule has 1 fully saturated rings. The highest BCUT2D eigenvalue weighted by Crippen LogP contribution is 2.37. The molecule has 6 nitrogen and oxygen atoms in total. The third-order valence-corrected chi connectivity index (χ3v) is 4.98. The molecular weight excluding hydrogens is 366 g/mol. The zero-order chi connectivity index (χ0) is 20.9. The molecular formula is C23H27N3O3. The van der Waals surface area contributed by atoms with Crippen LogP contribution in [-0.4, -0.2) is 40.8 Å². The summed E-state index contributed by atoms with van der Waals surface area (Å²) < 4.78 is 11.8. The number of aromatic nitrogens is 1. The number of nitriles is 1. The second kappa shape index (κ2) is 8.62. The smallest absolute Gasteiger partial charge is 0.410 e. The molecule has 152 valence electrons. The van der Waals surface area contributed by atoms with E-state index in [1.807, 2.05) is 69.3 Å². The monoisotopic (exact) mass is 393 g/mol. The molecule has 2 unspecified atom stereocenters. The van der Waals surface area contributed by atoms with Crippen LogP contribution in [0.5, 0.6) is 0 Å². The fraction of sp³-hybridized carbons (Fsp3) is 0.435. The lowest BCUT2D eigenvalue weighted by atomic mass is 9.74. The zero-order valence-corrected chi connectivity index (χ0v) is 17.2. The summed E-state index contributed by atoms with van der Waals surface area (Å²) in [7, 11) is 0. The Hall–Kier alpha value is -2.91. The molecule has 0 bridgehead atoms. The maximum Gasteiger partial charge on any atom is 0.410 e. The molecule has 1 aliphatic rings. The van der Waals surface area contributed by atoms with E-state index in [4.69, 9.17) is 9.47 Å². The molecule has 0 aliphatic carbocycles. The molecule has 1 aromatic carbocycles. The maximum absolute atomic E-state index is 12.6. The molecule has 29 heavy (non-hydrogen) atoms. The summed E-state index contributed by atoms with van der Waals surface area (Å²) in [4.78, 5) is 18.7. The predicted octanol–water partition coefficient (Wildman–Crippen LogP) is 4.07. The minimum atomic E-state index is -0.922. The van der Waals surface area contributed by atoms with E-state index in [2.05, 4.69) is 11.1 Å². The number of ether oxygens (including phenoxy) is 2. The minimum Gasteiger partial charge on any atom is -0.444 e. The Bertz CT molecular complexity index is 858. The second-order valence-corrected chi connectivity index (χ2v) is 8.26. The van der Waals surface area contributed by atoms with Crippen molar-refractivity contribution in [3.8, 4) is 6.07 Å². The summed E-state index contributed by atoms with van der Waals surface area (Å²) in [5.74, 6) is 0. The highest BCUT2D eigenvalue weighted by atomic mass is 16.6. The summed E-state index contributed by atoms with van der Waals surface area (Å²) in [6.45, 7) is 6.54. The molecule has 6 heteroatoms. The number of hydrogen-bond acceptors (Lipinski definition) is 5. The van der Waals surface area contributed by atoms with Crippen LogP contribution in [0.1, 0.15) is 38.4 Å².